The number of carbonyl (C=O) groups excluding carboxylic acids is 1. The first-order valence-electron chi connectivity index (χ1n) is 8.32. The molecule has 2 heterocycles. The van der Waals surface area contributed by atoms with Gasteiger partial charge in [0.2, 0.25) is 5.91 Å². The zero-order valence-electron chi connectivity index (χ0n) is 13.9. The van der Waals surface area contributed by atoms with Gasteiger partial charge in [0, 0.05) is 45.9 Å². The molecule has 2 unspecified atom stereocenters. The Balaban J connectivity index is 1.74. The van der Waals surface area contributed by atoms with Crippen LogP contribution in [0.25, 0.3) is 0 Å². The van der Waals surface area contributed by atoms with Crippen molar-refractivity contribution in [2.24, 2.45) is 5.92 Å². The highest BCUT2D eigenvalue weighted by Crippen LogP contribution is 2.17. The number of hydrogen-bond donors (Lipinski definition) is 0. The molecule has 2 saturated heterocycles. The number of ether oxygens (including phenoxy) is 1. The number of nitrogens with zero attached hydrogens (tertiary/aromatic N) is 3. The molecule has 0 aromatic heterocycles. The van der Waals surface area contributed by atoms with Crippen molar-refractivity contribution in [2.75, 3.05) is 60.0 Å². The second-order valence-corrected chi connectivity index (χ2v) is 6.61. The third kappa shape index (κ3) is 4.66. The van der Waals surface area contributed by atoms with Crippen LogP contribution in [0.4, 0.5) is 0 Å². The van der Waals surface area contributed by atoms with E-state index in [1.807, 2.05) is 11.8 Å². The average molecular weight is 297 g/mol. The lowest BCUT2D eigenvalue weighted by Crippen LogP contribution is -2.54. The van der Waals surface area contributed by atoms with Gasteiger partial charge in [0.1, 0.15) is 0 Å². The standard InChI is InChI=1S/C16H31N3O2/c1-14(13-21-3)16(20)19-10-8-18(9-11-19)12-15-6-4-5-7-17(15)2/h14-15H,4-13H2,1-3H3. The van der Waals surface area contributed by atoms with Gasteiger partial charge in [-0.2, -0.15) is 0 Å². The van der Waals surface area contributed by atoms with Gasteiger partial charge in [0.05, 0.1) is 12.5 Å². The largest absolute Gasteiger partial charge is 0.384 e. The molecule has 2 aliphatic rings. The molecule has 2 aliphatic heterocycles. The zero-order valence-corrected chi connectivity index (χ0v) is 13.9. The minimum atomic E-state index is -0.0222. The van der Waals surface area contributed by atoms with Crippen LogP contribution < -0.4 is 0 Å². The summed E-state index contributed by atoms with van der Waals surface area (Å²) >= 11 is 0. The fourth-order valence-corrected chi connectivity index (χ4v) is 3.46. The molecule has 0 radical (unpaired) electrons. The summed E-state index contributed by atoms with van der Waals surface area (Å²) in [6.45, 7) is 8.61. The number of likely N-dealkylation sites (N-methyl/N-ethyl adjacent to an activating group) is 1. The summed E-state index contributed by atoms with van der Waals surface area (Å²) in [6, 6.07) is 0.702. The van der Waals surface area contributed by atoms with Crippen molar-refractivity contribution in [1.82, 2.24) is 14.7 Å². The third-order valence-corrected chi connectivity index (χ3v) is 4.91. The Kier molecular flexibility index (Phi) is 6.45. The molecule has 1 amide bonds. The maximum atomic E-state index is 12.3. The monoisotopic (exact) mass is 297 g/mol. The lowest BCUT2D eigenvalue weighted by Gasteiger charge is -2.40. The van der Waals surface area contributed by atoms with Gasteiger partial charge >= 0.3 is 0 Å². The van der Waals surface area contributed by atoms with Crippen molar-refractivity contribution in [1.29, 1.82) is 0 Å². The van der Waals surface area contributed by atoms with Crippen LogP contribution in [0.5, 0.6) is 0 Å². The highest BCUT2D eigenvalue weighted by Gasteiger charge is 2.27. The fraction of sp³-hybridized carbons (Fsp3) is 0.938. The summed E-state index contributed by atoms with van der Waals surface area (Å²) in [5.41, 5.74) is 0. The number of piperazine rings is 1. The molecule has 2 rings (SSSR count). The maximum Gasteiger partial charge on any atom is 0.227 e. The lowest BCUT2D eigenvalue weighted by molar-refractivity contribution is -0.138. The van der Waals surface area contributed by atoms with Crippen molar-refractivity contribution >= 4 is 5.91 Å². The summed E-state index contributed by atoms with van der Waals surface area (Å²) in [7, 11) is 3.90. The van der Waals surface area contributed by atoms with Crippen molar-refractivity contribution in [3.8, 4) is 0 Å². The number of rotatable bonds is 5. The summed E-state index contributed by atoms with van der Waals surface area (Å²) < 4.78 is 5.09. The Bertz CT molecular complexity index is 329. The van der Waals surface area contributed by atoms with Crippen LogP contribution in [0.3, 0.4) is 0 Å². The number of carbonyl (C=O) groups is 1. The van der Waals surface area contributed by atoms with Crippen molar-refractivity contribution in [3.05, 3.63) is 0 Å². The topological polar surface area (TPSA) is 36.0 Å². The van der Waals surface area contributed by atoms with E-state index in [1.54, 1.807) is 7.11 Å². The normalized spacial score (nSPS) is 26.8. The summed E-state index contributed by atoms with van der Waals surface area (Å²) in [4.78, 5) is 19.3. The Morgan fingerprint density at radius 2 is 1.90 bits per heavy atom. The number of piperidine rings is 1. The van der Waals surface area contributed by atoms with Gasteiger partial charge in [-0.1, -0.05) is 13.3 Å². The van der Waals surface area contributed by atoms with Crippen molar-refractivity contribution in [3.63, 3.8) is 0 Å². The van der Waals surface area contributed by atoms with Crippen LogP contribution in [0.2, 0.25) is 0 Å². The van der Waals surface area contributed by atoms with Crippen molar-refractivity contribution in [2.45, 2.75) is 32.2 Å². The molecule has 21 heavy (non-hydrogen) atoms. The Hall–Kier alpha value is -0.650. The first kappa shape index (κ1) is 16.7. The van der Waals surface area contributed by atoms with Crippen LogP contribution in [-0.2, 0) is 9.53 Å². The van der Waals surface area contributed by atoms with E-state index < -0.39 is 0 Å². The zero-order chi connectivity index (χ0) is 15.2. The molecule has 0 spiro atoms. The van der Waals surface area contributed by atoms with E-state index in [-0.39, 0.29) is 11.8 Å². The van der Waals surface area contributed by atoms with Gasteiger partial charge in [0.15, 0.2) is 0 Å². The van der Waals surface area contributed by atoms with Crippen molar-refractivity contribution < 1.29 is 9.53 Å². The van der Waals surface area contributed by atoms with E-state index in [1.165, 1.54) is 25.8 Å². The van der Waals surface area contributed by atoms with E-state index in [0.29, 0.717) is 12.6 Å². The maximum absolute atomic E-state index is 12.3. The average Bonchev–Trinajstić information content (AvgIpc) is 2.50. The summed E-state index contributed by atoms with van der Waals surface area (Å²) in [5, 5.41) is 0. The van der Waals surface area contributed by atoms with E-state index in [0.717, 1.165) is 32.7 Å². The third-order valence-electron chi connectivity index (χ3n) is 4.91. The summed E-state index contributed by atoms with van der Waals surface area (Å²) in [6.07, 6.45) is 4.02. The smallest absolute Gasteiger partial charge is 0.227 e. The second-order valence-electron chi connectivity index (χ2n) is 6.61. The molecule has 2 atom stereocenters. The molecular formula is C16H31N3O2. The molecule has 5 heteroatoms. The quantitative estimate of drug-likeness (QED) is 0.755. The van der Waals surface area contributed by atoms with Crippen LogP contribution in [0.15, 0.2) is 0 Å². The predicted molar refractivity (Wildman–Crippen MR) is 84.3 cm³/mol. The number of hydrogen-bond acceptors (Lipinski definition) is 4. The minimum absolute atomic E-state index is 0.0222. The van der Waals surface area contributed by atoms with Crippen LogP contribution >= 0.6 is 0 Å². The fourth-order valence-electron chi connectivity index (χ4n) is 3.46. The molecule has 2 fully saturated rings. The molecule has 0 bridgehead atoms. The highest BCUT2D eigenvalue weighted by atomic mass is 16.5. The van der Waals surface area contributed by atoms with Gasteiger partial charge < -0.3 is 14.5 Å². The Labute approximate surface area is 129 Å². The van der Waals surface area contributed by atoms with Gasteiger partial charge in [-0.15, -0.1) is 0 Å². The Morgan fingerprint density at radius 3 is 2.52 bits per heavy atom. The van der Waals surface area contributed by atoms with Gasteiger partial charge in [0.25, 0.3) is 0 Å². The first-order chi connectivity index (χ1) is 10.1. The lowest BCUT2D eigenvalue weighted by atomic mass is 10.0. The SMILES string of the molecule is COCC(C)C(=O)N1CCN(CC2CCCCN2C)CC1. The molecule has 0 N–H and O–H groups in total. The molecule has 0 aromatic rings. The van der Waals surface area contributed by atoms with E-state index in [2.05, 4.69) is 16.8 Å². The molecule has 0 aliphatic carbocycles. The van der Waals surface area contributed by atoms with Gasteiger partial charge in [-0.05, 0) is 26.4 Å². The minimum Gasteiger partial charge on any atom is -0.384 e. The number of likely N-dealkylation sites (tertiary alicyclic amines) is 1. The highest BCUT2D eigenvalue weighted by molar-refractivity contribution is 5.78. The number of amides is 1. The molecule has 0 saturated carbocycles. The Morgan fingerprint density at radius 1 is 1.19 bits per heavy atom. The molecule has 5 nitrogen and oxygen atoms in total. The number of methoxy groups -OCH3 is 1. The van der Waals surface area contributed by atoms with E-state index >= 15 is 0 Å². The first-order valence-corrected chi connectivity index (χ1v) is 8.32. The molecule has 122 valence electrons. The van der Waals surface area contributed by atoms with Crippen LogP contribution in [-0.4, -0.2) is 86.7 Å². The molecule has 0 aromatic carbocycles. The van der Waals surface area contributed by atoms with E-state index in [9.17, 15) is 4.79 Å². The van der Waals surface area contributed by atoms with E-state index in [4.69, 9.17) is 4.74 Å². The van der Waals surface area contributed by atoms with Gasteiger partial charge in [-0.25, -0.2) is 0 Å². The van der Waals surface area contributed by atoms with Gasteiger partial charge in [-0.3, -0.25) is 9.69 Å². The second kappa shape index (κ2) is 8.11. The van der Waals surface area contributed by atoms with Crippen LogP contribution in [0.1, 0.15) is 26.2 Å². The predicted octanol–water partition coefficient (Wildman–Crippen LogP) is 0.897. The summed E-state index contributed by atoms with van der Waals surface area (Å²) in [5.74, 6) is 0.220. The molecular weight excluding hydrogens is 266 g/mol. The van der Waals surface area contributed by atoms with Crippen LogP contribution in [0, 0.1) is 5.92 Å².